The van der Waals surface area contributed by atoms with Crippen LogP contribution in [0.3, 0.4) is 0 Å². The SMILES string of the molecule is O=C(F)C(=O)F.O=C([O-])C(=O)[O-].[Li+].[Li+]. The molecule has 6 nitrogen and oxygen atoms in total. The Kier molecular flexibility index (Phi) is 20.5. The summed E-state index contributed by atoms with van der Waals surface area (Å²) in [5.74, 6) is -4.37. The zero-order valence-electron chi connectivity index (χ0n) is 7.21. The van der Waals surface area contributed by atoms with Crippen molar-refractivity contribution in [3.8, 4) is 0 Å². The van der Waals surface area contributed by atoms with Crippen molar-refractivity contribution in [1.82, 2.24) is 0 Å². The van der Waals surface area contributed by atoms with Gasteiger partial charge in [0.2, 0.25) is 0 Å². The van der Waals surface area contributed by atoms with Crippen molar-refractivity contribution < 1.29 is 75.9 Å². The molecule has 0 aliphatic carbocycles. The van der Waals surface area contributed by atoms with E-state index in [2.05, 4.69) is 0 Å². The van der Waals surface area contributed by atoms with Gasteiger partial charge >= 0.3 is 49.8 Å². The molecule has 0 unspecified atom stereocenters. The van der Waals surface area contributed by atoms with Gasteiger partial charge in [-0.05, 0) is 0 Å². The van der Waals surface area contributed by atoms with Crippen molar-refractivity contribution in [2.24, 2.45) is 0 Å². The predicted octanol–water partition coefficient (Wildman–Crippen LogP) is -9.53. The zero-order chi connectivity index (χ0) is 10.3. The molecule has 0 aromatic heterocycles. The maximum Gasteiger partial charge on any atom is 1.00 e. The molecule has 0 saturated heterocycles. The van der Waals surface area contributed by atoms with Gasteiger partial charge in [-0.25, -0.2) is 9.59 Å². The number of hydrogen-bond donors (Lipinski definition) is 0. The molecule has 10 heteroatoms. The molecule has 0 rings (SSSR count). The minimum Gasteiger partial charge on any atom is -0.543 e. The van der Waals surface area contributed by atoms with Crippen LogP contribution in [0.4, 0.5) is 8.78 Å². The summed E-state index contributed by atoms with van der Waals surface area (Å²) in [4.78, 5) is 35.4. The van der Waals surface area contributed by atoms with E-state index < -0.39 is 24.0 Å². The van der Waals surface area contributed by atoms with Crippen LogP contribution >= 0.6 is 0 Å². The summed E-state index contributed by atoms with van der Waals surface area (Å²) in [6.07, 6.45) is 0. The second-order valence-electron chi connectivity index (χ2n) is 1.12. The van der Waals surface area contributed by atoms with Gasteiger partial charge in [0.25, 0.3) is 0 Å². The van der Waals surface area contributed by atoms with E-state index in [0.717, 1.165) is 0 Å². The van der Waals surface area contributed by atoms with Gasteiger partial charge in [0.05, 0.1) is 11.9 Å². The molecule has 0 atom stereocenters. The van der Waals surface area contributed by atoms with Crippen molar-refractivity contribution in [2.75, 3.05) is 0 Å². The normalized spacial score (nSPS) is 6.43. The molecule has 0 aromatic carbocycles. The minimum atomic E-state index is -2.55. The Morgan fingerprint density at radius 2 is 0.857 bits per heavy atom. The molecular weight excluding hydrogens is 196 g/mol. The van der Waals surface area contributed by atoms with Gasteiger partial charge in [0, 0.05) is 0 Å². The second-order valence-corrected chi connectivity index (χ2v) is 1.12. The zero-order valence-corrected chi connectivity index (χ0v) is 7.21. The molecule has 0 aliphatic rings. The third-order valence-electron chi connectivity index (χ3n) is 0.321. The van der Waals surface area contributed by atoms with Gasteiger partial charge in [-0.3, -0.25) is 0 Å². The Bertz CT molecular complexity index is 182. The molecule has 0 saturated carbocycles. The predicted molar refractivity (Wildman–Crippen MR) is 22.2 cm³/mol. The summed E-state index contributed by atoms with van der Waals surface area (Å²) in [6, 6.07) is -5.09. The first-order chi connectivity index (χ1) is 5.29. The molecule has 0 aromatic rings. The van der Waals surface area contributed by atoms with Gasteiger partial charge in [-0.1, -0.05) is 0 Å². The quantitative estimate of drug-likeness (QED) is 0.233. The van der Waals surface area contributed by atoms with Crippen LogP contribution in [0.1, 0.15) is 0 Å². The van der Waals surface area contributed by atoms with E-state index in [4.69, 9.17) is 29.4 Å². The number of halogens is 2. The van der Waals surface area contributed by atoms with E-state index in [-0.39, 0.29) is 37.7 Å². The van der Waals surface area contributed by atoms with Crippen LogP contribution in [-0.2, 0) is 19.2 Å². The monoisotopic (exact) mass is 196 g/mol. The molecule has 0 spiro atoms. The number of hydrogen-bond acceptors (Lipinski definition) is 6. The van der Waals surface area contributed by atoms with E-state index in [0.29, 0.717) is 0 Å². The maximum absolute atomic E-state index is 10.5. The first-order valence-corrected chi connectivity index (χ1v) is 2.10. The minimum absolute atomic E-state index is 0. The first kappa shape index (κ1) is 23.3. The number of carboxylic acids is 2. The number of carbonyl (C=O) groups excluding carboxylic acids is 4. The molecule has 0 aliphatic heterocycles. The fourth-order valence-electron chi connectivity index (χ4n) is 0. The molecule has 0 radical (unpaired) electrons. The maximum atomic E-state index is 10.5. The Hall–Kier alpha value is -0.665. The first-order valence-electron chi connectivity index (χ1n) is 2.10. The average molecular weight is 196 g/mol. The van der Waals surface area contributed by atoms with E-state index in [1.807, 2.05) is 0 Å². The molecule has 68 valence electrons. The van der Waals surface area contributed by atoms with E-state index in [1.165, 1.54) is 0 Å². The molecule has 0 bridgehead atoms. The molecule has 0 N–H and O–H groups in total. The third kappa shape index (κ3) is 22.5. The Balaban J connectivity index is -0.0000000625. The van der Waals surface area contributed by atoms with Crippen molar-refractivity contribution in [2.45, 2.75) is 0 Å². The van der Waals surface area contributed by atoms with Crippen molar-refractivity contribution in [3.63, 3.8) is 0 Å². The number of carboxylic acid groups (broad SMARTS) is 2. The topological polar surface area (TPSA) is 114 Å². The van der Waals surface area contributed by atoms with Crippen LogP contribution in [0, 0.1) is 0 Å². The Labute approximate surface area is 100 Å². The van der Waals surface area contributed by atoms with Crippen molar-refractivity contribution >= 4 is 24.0 Å². The number of carbonyl (C=O) groups is 4. The van der Waals surface area contributed by atoms with Crippen molar-refractivity contribution in [1.29, 1.82) is 0 Å². The largest absolute Gasteiger partial charge is 1.00 e. The fourth-order valence-corrected chi connectivity index (χ4v) is 0. The second kappa shape index (κ2) is 12.3. The van der Waals surface area contributed by atoms with E-state index in [9.17, 15) is 8.78 Å². The Morgan fingerprint density at radius 3 is 0.857 bits per heavy atom. The average Bonchev–Trinajstić information content (AvgIpc) is 1.88. The van der Waals surface area contributed by atoms with Gasteiger partial charge in [-0.2, -0.15) is 8.78 Å². The molecule has 0 amide bonds. The summed E-state index contributed by atoms with van der Waals surface area (Å²) in [5.41, 5.74) is 0. The number of rotatable bonds is 1. The van der Waals surface area contributed by atoms with E-state index >= 15 is 0 Å². The Morgan fingerprint density at radius 1 is 0.714 bits per heavy atom. The summed E-state index contributed by atoms with van der Waals surface area (Å²) in [7, 11) is 0. The molecule has 0 fully saturated rings. The van der Waals surface area contributed by atoms with E-state index in [1.54, 1.807) is 0 Å². The smallest absolute Gasteiger partial charge is 0.543 e. The van der Waals surface area contributed by atoms with Crippen LogP contribution in [0.5, 0.6) is 0 Å². The van der Waals surface area contributed by atoms with Gasteiger partial charge < -0.3 is 19.8 Å². The van der Waals surface area contributed by atoms with Gasteiger partial charge in [0.1, 0.15) is 0 Å². The summed E-state index contributed by atoms with van der Waals surface area (Å²) in [6.45, 7) is 0. The standard InChI is InChI=1S/C2F2O2.C2H2O4.2Li/c3-1(5)2(4)6;3-1(4)2(5)6;;/h;(H,3,4)(H,5,6);;/q;;2*+1/p-2. The molecule has 14 heavy (non-hydrogen) atoms. The summed E-state index contributed by atoms with van der Waals surface area (Å²) in [5, 5.41) is 17.9. The van der Waals surface area contributed by atoms with Crippen LogP contribution in [-0.4, -0.2) is 24.0 Å². The molecule has 0 heterocycles. The van der Waals surface area contributed by atoms with Crippen LogP contribution < -0.4 is 47.9 Å². The molecular formula is C4F2Li2O6. The summed E-state index contributed by atoms with van der Waals surface area (Å²) >= 11 is 0. The third-order valence-corrected chi connectivity index (χ3v) is 0.321. The fraction of sp³-hybridized carbons (Fsp3) is 0. The van der Waals surface area contributed by atoms with Crippen molar-refractivity contribution in [3.05, 3.63) is 0 Å². The van der Waals surface area contributed by atoms with Gasteiger partial charge in [-0.15, -0.1) is 0 Å². The van der Waals surface area contributed by atoms with Gasteiger partial charge in [0.15, 0.2) is 0 Å². The number of aliphatic carboxylic acids is 2. The van der Waals surface area contributed by atoms with Crippen LogP contribution in [0.15, 0.2) is 0 Å². The van der Waals surface area contributed by atoms with Crippen LogP contribution in [0.25, 0.3) is 0 Å². The summed E-state index contributed by atoms with van der Waals surface area (Å²) < 4.78 is 20.9. The van der Waals surface area contributed by atoms with Crippen LogP contribution in [0.2, 0.25) is 0 Å².